The molecule has 3 rings (SSSR count). The first kappa shape index (κ1) is 22.7. The number of halogens is 3. The highest BCUT2D eigenvalue weighted by Gasteiger charge is 2.37. The summed E-state index contributed by atoms with van der Waals surface area (Å²) >= 11 is 17.9. The Morgan fingerprint density at radius 3 is 1.90 bits per heavy atom. The van der Waals surface area contributed by atoms with E-state index in [1.54, 1.807) is 72.8 Å². The lowest BCUT2D eigenvalue weighted by atomic mass is 10.2. The van der Waals surface area contributed by atoms with Crippen molar-refractivity contribution >= 4 is 46.9 Å². The number of nitrogens with one attached hydrogen (secondary N) is 1. The second-order valence-electron chi connectivity index (χ2n) is 6.09. The lowest BCUT2D eigenvalue weighted by Gasteiger charge is -2.26. The molecule has 0 radical (unpaired) electrons. The number of hydrogen-bond acceptors (Lipinski definition) is 5. The monoisotopic (exact) mass is 479 g/mol. The van der Waals surface area contributed by atoms with Gasteiger partial charge in [0.25, 0.3) is 5.91 Å². The van der Waals surface area contributed by atoms with Gasteiger partial charge in [0.2, 0.25) is 10.0 Å². The zero-order valence-corrected chi connectivity index (χ0v) is 18.1. The van der Waals surface area contributed by atoms with E-state index < -0.39 is 22.1 Å². The van der Waals surface area contributed by atoms with Crippen LogP contribution in [0.5, 0.6) is 17.2 Å². The minimum atomic E-state index is -1.98. The van der Waals surface area contributed by atoms with Gasteiger partial charge in [-0.05, 0) is 36.4 Å². The summed E-state index contributed by atoms with van der Waals surface area (Å²) in [6.45, 7) is 0. The fourth-order valence-corrected chi connectivity index (χ4v) is 2.75. The first-order valence-electron chi connectivity index (χ1n) is 8.96. The van der Waals surface area contributed by atoms with Crippen molar-refractivity contribution in [1.29, 1.82) is 0 Å². The van der Waals surface area contributed by atoms with E-state index >= 15 is 0 Å². The van der Waals surface area contributed by atoms with E-state index in [1.807, 2.05) is 0 Å². The average Bonchev–Trinajstić information content (AvgIpc) is 2.74. The van der Waals surface area contributed by atoms with E-state index in [9.17, 15) is 9.59 Å². The Kier molecular flexibility index (Phi) is 7.63. The Morgan fingerprint density at radius 2 is 1.29 bits per heavy atom. The quantitative estimate of drug-likeness (QED) is 0.210. The zero-order chi connectivity index (χ0) is 22.3. The molecule has 0 aromatic heterocycles. The lowest BCUT2D eigenvalue weighted by Crippen LogP contribution is -2.47. The van der Waals surface area contributed by atoms with Crippen LogP contribution in [0.25, 0.3) is 0 Å². The van der Waals surface area contributed by atoms with Gasteiger partial charge in [-0.25, -0.2) is 4.79 Å². The fraction of sp³-hybridized carbons (Fsp3) is 0.0909. The average molecular weight is 481 g/mol. The molecule has 1 N–H and O–H groups in total. The summed E-state index contributed by atoms with van der Waals surface area (Å²) in [5.41, 5.74) is 0.0171. The topological polar surface area (TPSA) is 73.9 Å². The summed E-state index contributed by atoms with van der Waals surface area (Å²) < 4.78 is 13.9. The first-order chi connectivity index (χ1) is 14.8. The van der Waals surface area contributed by atoms with Crippen molar-refractivity contribution in [2.24, 2.45) is 0 Å². The van der Waals surface area contributed by atoms with Crippen LogP contribution in [0.2, 0.25) is 0 Å². The maximum atomic E-state index is 12.9. The molecule has 3 aromatic carbocycles. The number of carbonyl (C=O) groups excluding carboxylic acids is 2. The largest absolute Gasteiger partial charge is 0.519 e. The molecule has 0 aliphatic heterocycles. The molecular formula is C22H16Cl3NO5. The summed E-state index contributed by atoms with van der Waals surface area (Å²) in [5, 5.41) is 2.50. The summed E-state index contributed by atoms with van der Waals surface area (Å²) in [5.74, 6) is -0.0452. The van der Waals surface area contributed by atoms with E-state index in [0.717, 1.165) is 0 Å². The van der Waals surface area contributed by atoms with Crippen molar-refractivity contribution in [3.8, 4) is 17.2 Å². The molecular weight excluding hydrogens is 465 g/mol. The van der Waals surface area contributed by atoms with E-state index in [2.05, 4.69) is 5.32 Å². The van der Waals surface area contributed by atoms with Crippen LogP contribution in [0, 0.1) is 0 Å². The van der Waals surface area contributed by atoms with Crippen molar-refractivity contribution in [3.63, 3.8) is 0 Å². The van der Waals surface area contributed by atoms with Crippen LogP contribution in [-0.4, -0.2) is 22.1 Å². The molecule has 3 aromatic rings. The fourth-order valence-electron chi connectivity index (χ4n) is 2.45. The van der Waals surface area contributed by atoms with Crippen LogP contribution in [-0.2, 0) is 0 Å². The number of amides is 1. The Balaban J connectivity index is 1.74. The molecule has 160 valence electrons. The van der Waals surface area contributed by atoms with Crippen molar-refractivity contribution < 1.29 is 23.8 Å². The molecule has 1 unspecified atom stereocenters. The molecule has 1 amide bonds. The molecule has 0 spiro atoms. The molecule has 0 aliphatic carbocycles. The summed E-state index contributed by atoms with van der Waals surface area (Å²) in [7, 11) is 0. The van der Waals surface area contributed by atoms with Crippen LogP contribution in [0.15, 0.2) is 84.9 Å². The number of ether oxygens (including phenoxy) is 3. The van der Waals surface area contributed by atoms with E-state index in [-0.39, 0.29) is 11.3 Å². The van der Waals surface area contributed by atoms with Crippen LogP contribution >= 0.6 is 34.8 Å². The molecule has 0 saturated heterocycles. The van der Waals surface area contributed by atoms with Gasteiger partial charge in [0.15, 0.2) is 0 Å². The third-order valence-electron chi connectivity index (χ3n) is 3.83. The Bertz CT molecular complexity index is 1030. The smallest absolute Gasteiger partial charge is 0.466 e. The van der Waals surface area contributed by atoms with Gasteiger partial charge in [-0.1, -0.05) is 83.3 Å². The van der Waals surface area contributed by atoms with Gasteiger partial charge in [0, 0.05) is 0 Å². The van der Waals surface area contributed by atoms with Crippen LogP contribution in [0.4, 0.5) is 4.79 Å². The Morgan fingerprint density at radius 1 is 0.742 bits per heavy atom. The zero-order valence-electron chi connectivity index (χ0n) is 15.8. The number of benzene rings is 3. The number of para-hydroxylation sites is 3. The number of alkyl halides is 3. The standard InChI is InChI=1S/C22H16Cl3NO5/c23-22(24,25)20(29-15-9-3-1-4-10-15)26-19(27)17-13-7-8-14-18(17)31-21(28)30-16-11-5-2-6-12-16/h1-14,20H,(H,26,27). The van der Waals surface area contributed by atoms with E-state index in [1.165, 1.54) is 12.1 Å². The second kappa shape index (κ2) is 10.4. The molecule has 1 atom stereocenters. The predicted octanol–water partition coefficient (Wildman–Crippen LogP) is 5.77. The van der Waals surface area contributed by atoms with Gasteiger partial charge in [0.1, 0.15) is 17.2 Å². The number of carbonyl (C=O) groups is 2. The Hall–Kier alpha value is -2.93. The van der Waals surface area contributed by atoms with Gasteiger partial charge in [-0.2, -0.15) is 0 Å². The SMILES string of the molecule is O=C(Oc1ccccc1)Oc1ccccc1C(=O)NC(Oc1ccccc1)C(Cl)(Cl)Cl. The molecule has 6 nitrogen and oxygen atoms in total. The summed E-state index contributed by atoms with van der Waals surface area (Å²) in [4.78, 5) is 25.0. The van der Waals surface area contributed by atoms with Crippen molar-refractivity contribution in [2.75, 3.05) is 0 Å². The van der Waals surface area contributed by atoms with Crippen molar-refractivity contribution in [1.82, 2.24) is 5.32 Å². The third-order valence-corrected chi connectivity index (χ3v) is 4.42. The molecule has 0 bridgehead atoms. The molecule has 0 heterocycles. The van der Waals surface area contributed by atoms with Gasteiger partial charge < -0.3 is 19.5 Å². The van der Waals surface area contributed by atoms with Crippen LogP contribution < -0.4 is 19.5 Å². The Labute approximate surface area is 193 Å². The highest BCUT2D eigenvalue weighted by atomic mass is 35.6. The van der Waals surface area contributed by atoms with E-state index in [0.29, 0.717) is 11.5 Å². The van der Waals surface area contributed by atoms with Gasteiger partial charge >= 0.3 is 6.16 Å². The molecule has 0 saturated carbocycles. The van der Waals surface area contributed by atoms with Crippen LogP contribution in [0.1, 0.15) is 10.4 Å². The van der Waals surface area contributed by atoms with Crippen LogP contribution in [0.3, 0.4) is 0 Å². The number of rotatable bonds is 6. The first-order valence-corrected chi connectivity index (χ1v) is 10.1. The van der Waals surface area contributed by atoms with Crippen molar-refractivity contribution in [3.05, 3.63) is 90.5 Å². The maximum absolute atomic E-state index is 12.9. The van der Waals surface area contributed by atoms with Gasteiger partial charge in [0.05, 0.1) is 5.56 Å². The van der Waals surface area contributed by atoms with Gasteiger partial charge in [-0.15, -0.1) is 0 Å². The highest BCUT2D eigenvalue weighted by Crippen LogP contribution is 2.32. The lowest BCUT2D eigenvalue weighted by molar-refractivity contribution is 0.0830. The molecule has 31 heavy (non-hydrogen) atoms. The van der Waals surface area contributed by atoms with E-state index in [4.69, 9.17) is 49.0 Å². The predicted molar refractivity (Wildman–Crippen MR) is 118 cm³/mol. The maximum Gasteiger partial charge on any atom is 0.519 e. The molecule has 9 heteroatoms. The van der Waals surface area contributed by atoms with Crippen molar-refractivity contribution in [2.45, 2.75) is 10.0 Å². The molecule has 0 fully saturated rings. The third kappa shape index (κ3) is 6.79. The second-order valence-corrected chi connectivity index (χ2v) is 8.46. The number of hydrogen-bond donors (Lipinski definition) is 1. The molecule has 0 aliphatic rings. The summed E-state index contributed by atoms with van der Waals surface area (Å²) in [6, 6.07) is 23.0. The summed E-state index contributed by atoms with van der Waals surface area (Å²) in [6.07, 6.45) is -2.33. The normalized spacial score (nSPS) is 11.8. The minimum Gasteiger partial charge on any atom is -0.466 e. The minimum absolute atomic E-state index is 0.0171. The highest BCUT2D eigenvalue weighted by molar-refractivity contribution is 6.68. The van der Waals surface area contributed by atoms with Gasteiger partial charge in [-0.3, -0.25) is 4.79 Å².